The highest BCUT2D eigenvalue weighted by Crippen LogP contribution is 2.48. The van der Waals surface area contributed by atoms with Crippen LogP contribution in [0.4, 0.5) is 0 Å². The van der Waals surface area contributed by atoms with Gasteiger partial charge in [-0.3, -0.25) is 0 Å². The average Bonchev–Trinajstić information content (AvgIpc) is 2.53. The Balaban J connectivity index is 1.82. The molecule has 0 atom stereocenters. The zero-order valence-corrected chi connectivity index (χ0v) is 8.94. The predicted molar refractivity (Wildman–Crippen MR) is 56.8 cm³/mol. The Kier molecular flexibility index (Phi) is 2.92. The smallest absolute Gasteiger partial charge is 0.000490 e. The largest absolute Gasteiger partial charge is 0.319 e. The summed E-state index contributed by atoms with van der Waals surface area (Å²) in [5, 5.41) is 3.38. The van der Waals surface area contributed by atoms with E-state index in [1.807, 2.05) is 0 Å². The van der Waals surface area contributed by atoms with Gasteiger partial charge >= 0.3 is 0 Å². The zero-order chi connectivity index (χ0) is 9.15. The highest BCUT2D eigenvalue weighted by atomic mass is 14.8. The van der Waals surface area contributed by atoms with Crippen LogP contribution < -0.4 is 5.32 Å². The molecular formula is C12H23N. The number of rotatable bonds is 4. The first-order valence-corrected chi connectivity index (χ1v) is 5.99. The Morgan fingerprint density at radius 1 is 1.15 bits per heavy atom. The quantitative estimate of drug-likeness (QED) is 0.703. The van der Waals surface area contributed by atoms with Gasteiger partial charge in [-0.05, 0) is 37.6 Å². The van der Waals surface area contributed by atoms with E-state index in [1.54, 1.807) is 0 Å². The molecule has 13 heavy (non-hydrogen) atoms. The molecule has 0 unspecified atom stereocenters. The van der Waals surface area contributed by atoms with Crippen LogP contribution in [0.5, 0.6) is 0 Å². The lowest BCUT2D eigenvalue weighted by atomic mass is 9.64. The highest BCUT2D eigenvalue weighted by Gasteiger charge is 2.38. The van der Waals surface area contributed by atoms with Crippen molar-refractivity contribution in [2.75, 3.05) is 13.6 Å². The molecule has 2 fully saturated rings. The van der Waals surface area contributed by atoms with Crippen LogP contribution in [0.3, 0.4) is 0 Å². The van der Waals surface area contributed by atoms with Crippen molar-refractivity contribution in [3.63, 3.8) is 0 Å². The van der Waals surface area contributed by atoms with E-state index in [0.717, 1.165) is 11.3 Å². The van der Waals surface area contributed by atoms with Crippen LogP contribution in [-0.4, -0.2) is 13.6 Å². The van der Waals surface area contributed by atoms with Crippen molar-refractivity contribution in [2.24, 2.45) is 11.3 Å². The Morgan fingerprint density at radius 3 is 2.31 bits per heavy atom. The van der Waals surface area contributed by atoms with Gasteiger partial charge in [0.15, 0.2) is 0 Å². The zero-order valence-electron chi connectivity index (χ0n) is 8.94. The van der Waals surface area contributed by atoms with E-state index < -0.39 is 0 Å². The van der Waals surface area contributed by atoms with Crippen LogP contribution in [0, 0.1) is 11.3 Å². The summed E-state index contributed by atoms with van der Waals surface area (Å²) in [7, 11) is 2.11. The second-order valence-electron chi connectivity index (χ2n) is 5.24. The minimum atomic E-state index is 0.726. The van der Waals surface area contributed by atoms with Crippen molar-refractivity contribution in [3.8, 4) is 0 Å². The van der Waals surface area contributed by atoms with E-state index in [4.69, 9.17) is 0 Å². The van der Waals surface area contributed by atoms with Gasteiger partial charge in [0.25, 0.3) is 0 Å². The summed E-state index contributed by atoms with van der Waals surface area (Å²) in [6.45, 7) is 1.27. The summed E-state index contributed by atoms with van der Waals surface area (Å²) >= 11 is 0. The first-order valence-electron chi connectivity index (χ1n) is 5.99. The van der Waals surface area contributed by atoms with E-state index in [2.05, 4.69) is 12.4 Å². The summed E-state index contributed by atoms with van der Waals surface area (Å²) < 4.78 is 0. The molecule has 0 aromatic carbocycles. The van der Waals surface area contributed by atoms with E-state index in [-0.39, 0.29) is 0 Å². The number of nitrogens with one attached hydrogen (secondary N) is 1. The lowest BCUT2D eigenvalue weighted by molar-refractivity contribution is 0.0949. The Hall–Kier alpha value is -0.0400. The van der Waals surface area contributed by atoms with Crippen LogP contribution in [0.1, 0.15) is 51.4 Å². The van der Waals surface area contributed by atoms with Gasteiger partial charge in [0, 0.05) is 6.54 Å². The Morgan fingerprint density at radius 2 is 1.85 bits per heavy atom. The maximum absolute atomic E-state index is 3.38. The van der Waals surface area contributed by atoms with Gasteiger partial charge in [-0.15, -0.1) is 0 Å². The molecule has 1 nitrogen and oxygen atoms in total. The first-order chi connectivity index (χ1) is 6.35. The lowest BCUT2D eigenvalue weighted by Crippen LogP contribution is -2.40. The van der Waals surface area contributed by atoms with Crippen molar-refractivity contribution in [1.29, 1.82) is 0 Å². The molecule has 0 aromatic rings. The van der Waals surface area contributed by atoms with E-state index in [0.29, 0.717) is 0 Å². The van der Waals surface area contributed by atoms with Crippen LogP contribution in [-0.2, 0) is 0 Å². The van der Waals surface area contributed by atoms with Gasteiger partial charge in [0.1, 0.15) is 0 Å². The Labute approximate surface area is 82.3 Å². The van der Waals surface area contributed by atoms with Crippen LogP contribution in [0.25, 0.3) is 0 Å². The molecule has 0 aromatic heterocycles. The third-order valence-corrected chi connectivity index (χ3v) is 4.16. The van der Waals surface area contributed by atoms with E-state index in [9.17, 15) is 0 Å². The summed E-state index contributed by atoms with van der Waals surface area (Å²) in [6.07, 6.45) is 12.0. The van der Waals surface area contributed by atoms with Crippen LogP contribution in [0.15, 0.2) is 0 Å². The molecule has 1 N–H and O–H groups in total. The first kappa shape index (κ1) is 9.51. The Bertz CT molecular complexity index is 155. The number of hydrogen-bond acceptors (Lipinski definition) is 1. The standard InChI is InChI=1S/C12H23N/c1-13-10-12(7-4-8-12)9-11-5-2-3-6-11/h11,13H,2-10H2,1H3. The van der Waals surface area contributed by atoms with Gasteiger partial charge in [0.2, 0.25) is 0 Å². The fourth-order valence-corrected chi connectivity index (χ4v) is 3.33. The van der Waals surface area contributed by atoms with Gasteiger partial charge in [0.05, 0.1) is 0 Å². The molecule has 1 heteroatoms. The van der Waals surface area contributed by atoms with Crippen LogP contribution in [0.2, 0.25) is 0 Å². The van der Waals surface area contributed by atoms with E-state index in [1.165, 1.54) is 57.9 Å². The van der Waals surface area contributed by atoms with Crippen molar-refractivity contribution >= 4 is 0 Å². The molecule has 0 spiro atoms. The second kappa shape index (κ2) is 4.00. The molecule has 2 saturated carbocycles. The minimum Gasteiger partial charge on any atom is -0.319 e. The summed E-state index contributed by atoms with van der Waals surface area (Å²) in [5.41, 5.74) is 0.726. The van der Waals surface area contributed by atoms with Gasteiger partial charge in [-0.1, -0.05) is 32.1 Å². The summed E-state index contributed by atoms with van der Waals surface area (Å²) in [5.74, 6) is 1.08. The third-order valence-electron chi connectivity index (χ3n) is 4.16. The van der Waals surface area contributed by atoms with E-state index >= 15 is 0 Å². The lowest BCUT2D eigenvalue weighted by Gasteiger charge is -2.43. The molecule has 0 amide bonds. The summed E-state index contributed by atoms with van der Waals surface area (Å²) in [6, 6.07) is 0. The van der Waals surface area contributed by atoms with Crippen molar-refractivity contribution in [3.05, 3.63) is 0 Å². The number of hydrogen-bond donors (Lipinski definition) is 1. The molecule has 76 valence electrons. The monoisotopic (exact) mass is 181 g/mol. The maximum Gasteiger partial charge on any atom is 0.000490 e. The molecule has 2 aliphatic carbocycles. The van der Waals surface area contributed by atoms with Gasteiger partial charge in [-0.2, -0.15) is 0 Å². The molecule has 0 bridgehead atoms. The molecule has 0 radical (unpaired) electrons. The van der Waals surface area contributed by atoms with Crippen molar-refractivity contribution in [1.82, 2.24) is 5.32 Å². The maximum atomic E-state index is 3.38. The van der Waals surface area contributed by atoms with Crippen molar-refractivity contribution in [2.45, 2.75) is 51.4 Å². The predicted octanol–water partition coefficient (Wildman–Crippen LogP) is 2.96. The minimum absolute atomic E-state index is 0.726. The topological polar surface area (TPSA) is 12.0 Å². The second-order valence-corrected chi connectivity index (χ2v) is 5.24. The molecule has 0 aliphatic heterocycles. The molecular weight excluding hydrogens is 158 g/mol. The van der Waals surface area contributed by atoms with Crippen LogP contribution >= 0.6 is 0 Å². The SMILES string of the molecule is CNCC1(CC2CCCC2)CCC1. The fraction of sp³-hybridized carbons (Fsp3) is 1.00. The van der Waals surface area contributed by atoms with Gasteiger partial charge in [-0.25, -0.2) is 0 Å². The summed E-state index contributed by atoms with van der Waals surface area (Å²) in [4.78, 5) is 0. The van der Waals surface area contributed by atoms with Crippen molar-refractivity contribution < 1.29 is 0 Å². The fourth-order valence-electron chi connectivity index (χ4n) is 3.33. The third kappa shape index (κ3) is 2.07. The normalized spacial score (nSPS) is 27.5. The molecule has 2 aliphatic rings. The molecule has 0 heterocycles. The molecule has 0 saturated heterocycles. The van der Waals surface area contributed by atoms with Gasteiger partial charge < -0.3 is 5.32 Å². The highest BCUT2D eigenvalue weighted by molar-refractivity contribution is 4.91. The molecule has 2 rings (SSSR count). The average molecular weight is 181 g/mol.